The first-order valence-electron chi connectivity index (χ1n) is 9.25. The molecule has 3 nitrogen and oxygen atoms in total. The van der Waals surface area contributed by atoms with Crippen LogP contribution in [0.1, 0.15) is 29.5 Å². The van der Waals surface area contributed by atoms with Crippen molar-refractivity contribution in [3.8, 4) is 16.9 Å². The summed E-state index contributed by atoms with van der Waals surface area (Å²) in [6, 6.07) is 8.81. The zero-order chi connectivity index (χ0) is 20.8. The van der Waals surface area contributed by atoms with E-state index in [-0.39, 0.29) is 10.6 Å². The normalized spacial score (nSPS) is 14.3. The van der Waals surface area contributed by atoms with Gasteiger partial charge in [-0.3, -0.25) is 0 Å². The summed E-state index contributed by atoms with van der Waals surface area (Å²) in [6.45, 7) is 2.68. The highest BCUT2D eigenvalue weighted by molar-refractivity contribution is 6.33. The first-order chi connectivity index (χ1) is 13.8. The van der Waals surface area contributed by atoms with Gasteiger partial charge < -0.3 is 5.32 Å². The second kappa shape index (κ2) is 7.58. The lowest BCUT2D eigenvalue weighted by molar-refractivity contribution is -0.137. The minimum atomic E-state index is -4.45. The number of benzene rings is 2. The quantitative estimate of drug-likeness (QED) is 0.469. The molecule has 1 aromatic heterocycles. The maximum Gasteiger partial charge on any atom is 0.416 e. The van der Waals surface area contributed by atoms with Crippen molar-refractivity contribution in [2.45, 2.75) is 32.4 Å². The Labute approximate surface area is 176 Å². The Hall–Kier alpha value is -2.18. The maximum absolute atomic E-state index is 13.3. The van der Waals surface area contributed by atoms with Crippen molar-refractivity contribution in [3.63, 3.8) is 0 Å². The second-order valence-corrected chi connectivity index (χ2v) is 7.94. The first kappa shape index (κ1) is 20.1. The van der Waals surface area contributed by atoms with Crippen molar-refractivity contribution < 1.29 is 13.2 Å². The SMILES string of the molecule is Cc1cc(Cl)ccc1-n1nc(-c2cc(C(F)(F)F)ccc2Cl)c2c1NCCCC2. The van der Waals surface area contributed by atoms with Crippen molar-refractivity contribution >= 4 is 29.0 Å². The van der Waals surface area contributed by atoms with Crippen LogP contribution in [0.15, 0.2) is 36.4 Å². The van der Waals surface area contributed by atoms with E-state index < -0.39 is 11.7 Å². The highest BCUT2D eigenvalue weighted by atomic mass is 35.5. The van der Waals surface area contributed by atoms with Crippen molar-refractivity contribution in [2.24, 2.45) is 0 Å². The molecule has 1 N–H and O–H groups in total. The van der Waals surface area contributed by atoms with Gasteiger partial charge in [0.05, 0.1) is 22.0 Å². The third-order valence-electron chi connectivity index (χ3n) is 5.07. The molecule has 152 valence electrons. The van der Waals surface area contributed by atoms with E-state index in [4.69, 9.17) is 28.3 Å². The van der Waals surface area contributed by atoms with Crippen molar-refractivity contribution in [3.05, 3.63) is 63.1 Å². The second-order valence-electron chi connectivity index (χ2n) is 7.09. The molecular formula is C21H18Cl2F3N3. The van der Waals surface area contributed by atoms with Gasteiger partial charge in [-0.05, 0) is 68.1 Å². The number of fused-ring (bicyclic) bond motifs is 1. The van der Waals surface area contributed by atoms with Gasteiger partial charge in [-0.2, -0.15) is 18.3 Å². The first-order valence-corrected chi connectivity index (χ1v) is 10.0. The molecule has 0 atom stereocenters. The molecule has 4 rings (SSSR count). The Morgan fingerprint density at radius 2 is 1.86 bits per heavy atom. The van der Waals surface area contributed by atoms with E-state index in [9.17, 15) is 13.2 Å². The zero-order valence-electron chi connectivity index (χ0n) is 15.6. The number of nitrogens with zero attached hydrogens (tertiary/aromatic N) is 2. The summed E-state index contributed by atoms with van der Waals surface area (Å²) in [6.07, 6.45) is -1.88. The molecule has 0 unspecified atom stereocenters. The molecule has 0 saturated carbocycles. The lowest BCUT2D eigenvalue weighted by atomic mass is 10.0. The predicted molar refractivity (Wildman–Crippen MR) is 110 cm³/mol. The molecule has 2 heterocycles. The lowest BCUT2D eigenvalue weighted by Crippen LogP contribution is -2.08. The standard InChI is InChI=1S/C21H18Cl2F3N3/c1-12-10-14(22)6-8-18(12)29-20-15(4-2-3-9-27-20)19(28-29)16-11-13(21(24,25)26)5-7-17(16)23/h5-8,10-11,27H,2-4,9H2,1H3. The van der Waals surface area contributed by atoms with Gasteiger partial charge in [-0.25, -0.2) is 4.68 Å². The molecule has 3 aromatic rings. The monoisotopic (exact) mass is 439 g/mol. The van der Waals surface area contributed by atoms with Crippen LogP contribution in [-0.4, -0.2) is 16.3 Å². The molecule has 0 bridgehead atoms. The molecule has 0 aliphatic carbocycles. The van der Waals surface area contributed by atoms with E-state index in [0.717, 1.165) is 54.2 Å². The van der Waals surface area contributed by atoms with E-state index in [2.05, 4.69) is 5.32 Å². The van der Waals surface area contributed by atoms with Crippen LogP contribution in [0.5, 0.6) is 0 Å². The Bertz CT molecular complexity index is 1070. The van der Waals surface area contributed by atoms with E-state index in [1.54, 1.807) is 10.7 Å². The topological polar surface area (TPSA) is 29.9 Å². The Morgan fingerprint density at radius 1 is 1.07 bits per heavy atom. The molecule has 0 amide bonds. The van der Waals surface area contributed by atoms with Gasteiger partial charge in [-0.1, -0.05) is 23.2 Å². The fourth-order valence-corrected chi connectivity index (χ4v) is 4.07. The summed E-state index contributed by atoms with van der Waals surface area (Å²) in [5, 5.41) is 8.95. The number of anilines is 1. The number of aryl methyl sites for hydroxylation is 1. The molecule has 0 saturated heterocycles. The Balaban J connectivity index is 1.95. The highest BCUT2D eigenvalue weighted by Crippen LogP contribution is 2.40. The lowest BCUT2D eigenvalue weighted by Gasteiger charge is -2.11. The molecule has 0 fully saturated rings. The average Bonchev–Trinajstić information content (AvgIpc) is 2.83. The number of alkyl halides is 3. The number of aromatic nitrogens is 2. The van der Waals surface area contributed by atoms with Gasteiger partial charge in [0, 0.05) is 22.7 Å². The van der Waals surface area contributed by atoms with Gasteiger partial charge >= 0.3 is 6.18 Å². The summed E-state index contributed by atoms with van der Waals surface area (Å²) in [4.78, 5) is 0. The van der Waals surface area contributed by atoms with Crippen molar-refractivity contribution in [1.29, 1.82) is 0 Å². The van der Waals surface area contributed by atoms with E-state index in [1.807, 2.05) is 19.1 Å². The maximum atomic E-state index is 13.3. The molecule has 2 aromatic carbocycles. The predicted octanol–water partition coefficient (Wildman–Crippen LogP) is 6.92. The number of nitrogens with one attached hydrogen (secondary N) is 1. The summed E-state index contributed by atoms with van der Waals surface area (Å²) in [5.74, 6) is 0.788. The van der Waals surface area contributed by atoms with E-state index >= 15 is 0 Å². The van der Waals surface area contributed by atoms with Crippen LogP contribution < -0.4 is 5.32 Å². The van der Waals surface area contributed by atoms with Gasteiger partial charge in [0.15, 0.2) is 0 Å². The van der Waals surface area contributed by atoms with Crippen LogP contribution in [0.3, 0.4) is 0 Å². The summed E-state index contributed by atoms with van der Waals surface area (Å²) < 4.78 is 41.6. The number of hydrogen-bond donors (Lipinski definition) is 1. The van der Waals surface area contributed by atoms with Gasteiger partial charge in [0.1, 0.15) is 5.82 Å². The van der Waals surface area contributed by atoms with Crippen molar-refractivity contribution in [1.82, 2.24) is 9.78 Å². The minimum absolute atomic E-state index is 0.238. The molecular weight excluding hydrogens is 422 g/mol. The fraction of sp³-hybridized carbons (Fsp3) is 0.286. The van der Waals surface area contributed by atoms with Crippen LogP contribution in [0.4, 0.5) is 19.0 Å². The summed E-state index contributed by atoms with van der Waals surface area (Å²) in [7, 11) is 0. The van der Waals surface area contributed by atoms with Crippen molar-refractivity contribution in [2.75, 3.05) is 11.9 Å². The smallest absolute Gasteiger partial charge is 0.370 e. The third-order valence-corrected chi connectivity index (χ3v) is 5.63. The summed E-state index contributed by atoms with van der Waals surface area (Å²) in [5.41, 5.74) is 2.61. The summed E-state index contributed by atoms with van der Waals surface area (Å²) >= 11 is 12.4. The zero-order valence-corrected chi connectivity index (χ0v) is 17.1. The Kier molecular flexibility index (Phi) is 5.25. The third kappa shape index (κ3) is 3.83. The van der Waals surface area contributed by atoms with Gasteiger partial charge in [0.2, 0.25) is 0 Å². The van der Waals surface area contributed by atoms with Gasteiger partial charge in [0.25, 0.3) is 0 Å². The molecule has 1 aliphatic rings. The number of hydrogen-bond acceptors (Lipinski definition) is 2. The van der Waals surface area contributed by atoms with Crippen LogP contribution in [0, 0.1) is 6.92 Å². The van der Waals surface area contributed by atoms with Crippen LogP contribution in [0.25, 0.3) is 16.9 Å². The molecule has 0 radical (unpaired) electrons. The number of rotatable bonds is 2. The van der Waals surface area contributed by atoms with Crippen LogP contribution in [-0.2, 0) is 12.6 Å². The molecule has 1 aliphatic heterocycles. The van der Waals surface area contributed by atoms with Gasteiger partial charge in [-0.15, -0.1) is 0 Å². The van der Waals surface area contributed by atoms with Crippen LogP contribution >= 0.6 is 23.2 Å². The fourth-order valence-electron chi connectivity index (χ4n) is 3.63. The molecule has 0 spiro atoms. The van der Waals surface area contributed by atoms with E-state index in [1.165, 1.54) is 6.07 Å². The molecule has 8 heteroatoms. The van der Waals surface area contributed by atoms with Crippen LogP contribution in [0.2, 0.25) is 10.0 Å². The minimum Gasteiger partial charge on any atom is -0.370 e. The largest absolute Gasteiger partial charge is 0.416 e. The van der Waals surface area contributed by atoms with E-state index in [0.29, 0.717) is 17.1 Å². The highest BCUT2D eigenvalue weighted by Gasteiger charge is 2.32. The Morgan fingerprint density at radius 3 is 2.59 bits per heavy atom. The number of halogens is 5. The molecule has 29 heavy (non-hydrogen) atoms. The average molecular weight is 440 g/mol.